The molecule has 0 aromatic carbocycles. The van der Waals surface area contributed by atoms with E-state index in [4.69, 9.17) is 9.47 Å². The Bertz CT molecular complexity index is 685. The monoisotopic (exact) mass is 370 g/mol. The van der Waals surface area contributed by atoms with Crippen LogP contribution in [0.25, 0.3) is 0 Å². The fourth-order valence-corrected chi connectivity index (χ4v) is 5.41. The number of piperidine rings is 1. The van der Waals surface area contributed by atoms with Gasteiger partial charge in [-0.2, -0.15) is 5.26 Å². The second kappa shape index (κ2) is 8.14. The Balaban J connectivity index is 1.49. The van der Waals surface area contributed by atoms with Gasteiger partial charge in [0.05, 0.1) is 31.5 Å². The second-order valence-corrected chi connectivity index (χ2v) is 8.29. The van der Waals surface area contributed by atoms with E-state index in [0.29, 0.717) is 17.5 Å². The van der Waals surface area contributed by atoms with E-state index in [1.165, 1.54) is 25.7 Å². The molecule has 0 spiro atoms. The highest BCUT2D eigenvalue weighted by Gasteiger charge is 2.48. The number of rotatable bonds is 4. The lowest BCUT2D eigenvalue weighted by Gasteiger charge is -2.54. The molecule has 2 aliphatic heterocycles. The van der Waals surface area contributed by atoms with Gasteiger partial charge in [-0.15, -0.1) is 0 Å². The molecule has 4 rings (SSSR count). The van der Waals surface area contributed by atoms with E-state index < -0.39 is 0 Å². The summed E-state index contributed by atoms with van der Waals surface area (Å²) in [6.45, 7) is 6.69. The summed E-state index contributed by atoms with van der Waals surface area (Å²) in [7, 11) is 1.83. The third-order valence-electron chi connectivity index (χ3n) is 6.84. The fraction of sp³-hybridized carbons (Fsp3) is 0.714. The van der Waals surface area contributed by atoms with E-state index in [2.05, 4.69) is 20.9 Å². The molecule has 6 nitrogen and oxygen atoms in total. The fourth-order valence-electron chi connectivity index (χ4n) is 5.41. The molecule has 3 atom stereocenters. The molecule has 1 aromatic heterocycles. The minimum Gasteiger partial charge on any atom is -0.384 e. The smallest absolute Gasteiger partial charge is 0.129 e. The van der Waals surface area contributed by atoms with Gasteiger partial charge in [-0.25, -0.2) is 4.98 Å². The molecule has 0 N–H and O–H groups in total. The Morgan fingerprint density at radius 1 is 1.33 bits per heavy atom. The van der Waals surface area contributed by atoms with Crippen molar-refractivity contribution in [2.75, 3.05) is 58.0 Å². The van der Waals surface area contributed by atoms with Crippen molar-refractivity contribution in [1.29, 1.82) is 5.26 Å². The zero-order chi connectivity index (χ0) is 18.7. The summed E-state index contributed by atoms with van der Waals surface area (Å²) in [5.74, 6) is 1.62. The van der Waals surface area contributed by atoms with Crippen LogP contribution in [0, 0.1) is 22.7 Å². The molecular formula is C21H30N4O2. The molecule has 0 amide bonds. The standard InChI is InChI=1S/C21H30N4O2/c1-26-16-21-5-2-19(24-8-10-27-11-9-24)13-18(21)4-7-25(15-21)20-12-17(14-22)3-6-23-20/h3,6,12,18-19H,2,4-5,7-11,13,15-16H2,1H3/t18-,19-,21+/m1/s1. The van der Waals surface area contributed by atoms with E-state index in [9.17, 15) is 5.26 Å². The van der Waals surface area contributed by atoms with Crippen molar-refractivity contribution in [2.24, 2.45) is 11.3 Å². The molecular weight excluding hydrogens is 340 g/mol. The molecule has 1 aliphatic carbocycles. The lowest BCUT2D eigenvalue weighted by atomic mass is 9.62. The number of ether oxygens (including phenoxy) is 2. The SMILES string of the molecule is COC[C@@]12CC[C@@H](N3CCOCC3)C[C@H]1CCN(c1cc(C#N)ccn1)C2. The van der Waals surface area contributed by atoms with Gasteiger partial charge in [0.25, 0.3) is 0 Å². The van der Waals surface area contributed by atoms with Gasteiger partial charge < -0.3 is 14.4 Å². The van der Waals surface area contributed by atoms with Gasteiger partial charge in [-0.1, -0.05) is 0 Å². The van der Waals surface area contributed by atoms with Crippen molar-refractivity contribution >= 4 is 5.82 Å². The van der Waals surface area contributed by atoms with Crippen LogP contribution in [0.2, 0.25) is 0 Å². The van der Waals surface area contributed by atoms with Crippen molar-refractivity contribution < 1.29 is 9.47 Å². The van der Waals surface area contributed by atoms with E-state index in [1.807, 2.05) is 13.2 Å². The number of pyridine rings is 1. The van der Waals surface area contributed by atoms with E-state index in [-0.39, 0.29) is 5.41 Å². The van der Waals surface area contributed by atoms with Crippen LogP contribution in [0.15, 0.2) is 18.3 Å². The number of fused-ring (bicyclic) bond motifs is 1. The van der Waals surface area contributed by atoms with Crippen LogP contribution in [0.1, 0.15) is 31.2 Å². The average molecular weight is 370 g/mol. The third kappa shape index (κ3) is 3.82. The van der Waals surface area contributed by atoms with Gasteiger partial charge in [0, 0.05) is 50.9 Å². The normalized spacial score (nSPS) is 31.9. The summed E-state index contributed by atoms with van der Waals surface area (Å²) < 4.78 is 11.3. The minimum absolute atomic E-state index is 0.195. The summed E-state index contributed by atoms with van der Waals surface area (Å²) >= 11 is 0. The largest absolute Gasteiger partial charge is 0.384 e. The summed E-state index contributed by atoms with van der Waals surface area (Å²) in [5.41, 5.74) is 0.874. The maximum atomic E-state index is 9.21. The first kappa shape index (κ1) is 18.7. The molecule has 0 bridgehead atoms. The number of nitrogens with zero attached hydrogens (tertiary/aromatic N) is 4. The van der Waals surface area contributed by atoms with Crippen molar-refractivity contribution in [3.63, 3.8) is 0 Å². The first-order valence-corrected chi connectivity index (χ1v) is 10.2. The van der Waals surface area contributed by atoms with E-state index in [0.717, 1.165) is 51.8 Å². The molecule has 146 valence electrons. The highest BCUT2D eigenvalue weighted by atomic mass is 16.5. The zero-order valence-electron chi connectivity index (χ0n) is 16.3. The van der Waals surface area contributed by atoms with Crippen LogP contribution in [0.5, 0.6) is 0 Å². The van der Waals surface area contributed by atoms with Crippen LogP contribution in [-0.2, 0) is 9.47 Å². The van der Waals surface area contributed by atoms with Gasteiger partial charge in [0.15, 0.2) is 0 Å². The Morgan fingerprint density at radius 3 is 2.96 bits per heavy atom. The summed E-state index contributed by atoms with van der Waals surface area (Å²) in [5, 5.41) is 9.21. The van der Waals surface area contributed by atoms with Gasteiger partial charge in [0.1, 0.15) is 5.82 Å². The highest BCUT2D eigenvalue weighted by molar-refractivity contribution is 5.45. The van der Waals surface area contributed by atoms with Gasteiger partial charge in [0.2, 0.25) is 0 Å². The Hall–Kier alpha value is -1.68. The Labute approximate surface area is 162 Å². The van der Waals surface area contributed by atoms with Crippen molar-refractivity contribution in [3.05, 3.63) is 23.9 Å². The molecule has 0 radical (unpaired) electrons. The number of hydrogen-bond donors (Lipinski definition) is 0. The molecule has 3 fully saturated rings. The maximum absolute atomic E-state index is 9.21. The highest BCUT2D eigenvalue weighted by Crippen LogP contribution is 2.48. The third-order valence-corrected chi connectivity index (χ3v) is 6.84. The van der Waals surface area contributed by atoms with Crippen molar-refractivity contribution in [1.82, 2.24) is 9.88 Å². The Kier molecular flexibility index (Phi) is 5.63. The number of morpholine rings is 1. The number of hydrogen-bond acceptors (Lipinski definition) is 6. The topological polar surface area (TPSA) is 61.6 Å². The summed E-state index contributed by atoms with van der Waals surface area (Å²) in [6, 6.07) is 6.61. The number of methoxy groups -OCH3 is 1. The van der Waals surface area contributed by atoms with Gasteiger partial charge in [-0.3, -0.25) is 4.90 Å². The maximum Gasteiger partial charge on any atom is 0.129 e. The lowest BCUT2D eigenvalue weighted by molar-refractivity contribution is -0.0540. The predicted molar refractivity (Wildman–Crippen MR) is 104 cm³/mol. The molecule has 6 heteroatoms. The first-order chi connectivity index (χ1) is 13.2. The molecule has 0 unspecified atom stereocenters. The van der Waals surface area contributed by atoms with Crippen LogP contribution >= 0.6 is 0 Å². The second-order valence-electron chi connectivity index (χ2n) is 8.29. The molecule has 1 saturated carbocycles. The lowest BCUT2D eigenvalue weighted by Crippen LogP contribution is -2.57. The number of nitriles is 1. The summed E-state index contributed by atoms with van der Waals surface area (Å²) in [4.78, 5) is 9.55. The zero-order valence-corrected chi connectivity index (χ0v) is 16.3. The molecule has 1 aromatic rings. The van der Waals surface area contributed by atoms with Crippen LogP contribution in [-0.4, -0.2) is 69.0 Å². The van der Waals surface area contributed by atoms with Crippen molar-refractivity contribution in [2.45, 2.75) is 31.7 Å². The van der Waals surface area contributed by atoms with Crippen LogP contribution < -0.4 is 4.90 Å². The molecule has 3 aliphatic rings. The van der Waals surface area contributed by atoms with Crippen LogP contribution in [0.3, 0.4) is 0 Å². The minimum atomic E-state index is 0.195. The summed E-state index contributed by atoms with van der Waals surface area (Å²) in [6.07, 6.45) is 6.62. The van der Waals surface area contributed by atoms with Crippen molar-refractivity contribution in [3.8, 4) is 6.07 Å². The number of aromatic nitrogens is 1. The van der Waals surface area contributed by atoms with Gasteiger partial charge >= 0.3 is 0 Å². The van der Waals surface area contributed by atoms with Gasteiger partial charge in [-0.05, 0) is 43.7 Å². The predicted octanol–water partition coefficient (Wildman–Crippen LogP) is 2.30. The van der Waals surface area contributed by atoms with E-state index >= 15 is 0 Å². The quantitative estimate of drug-likeness (QED) is 0.810. The average Bonchev–Trinajstić information content (AvgIpc) is 2.74. The van der Waals surface area contributed by atoms with Crippen LogP contribution in [0.4, 0.5) is 5.82 Å². The molecule has 27 heavy (non-hydrogen) atoms. The van der Waals surface area contributed by atoms with E-state index in [1.54, 1.807) is 12.3 Å². The number of anilines is 1. The first-order valence-electron chi connectivity index (χ1n) is 10.2. The Morgan fingerprint density at radius 2 is 2.19 bits per heavy atom. The molecule has 3 heterocycles. The molecule has 2 saturated heterocycles.